The van der Waals surface area contributed by atoms with Crippen molar-refractivity contribution in [3.63, 3.8) is 0 Å². The van der Waals surface area contributed by atoms with Gasteiger partial charge in [0.05, 0.1) is 19.3 Å². The van der Waals surface area contributed by atoms with E-state index < -0.39 is 0 Å². The zero-order valence-corrected chi connectivity index (χ0v) is 20.5. The van der Waals surface area contributed by atoms with Crippen LogP contribution in [0.4, 0.5) is 0 Å². The van der Waals surface area contributed by atoms with E-state index in [2.05, 4.69) is 15.2 Å². The van der Waals surface area contributed by atoms with Crippen LogP contribution >= 0.6 is 24.0 Å². The topological polar surface area (TPSA) is 86.7 Å². The molecule has 1 N–H and O–H groups in total. The van der Waals surface area contributed by atoms with Crippen LogP contribution in [0, 0.1) is 5.92 Å². The summed E-state index contributed by atoms with van der Waals surface area (Å²) in [7, 11) is 3.47. The van der Waals surface area contributed by atoms with E-state index >= 15 is 0 Å². The molecular weight excluding hydrogens is 501 g/mol. The number of carbonyl (C=O) groups is 2. The minimum absolute atomic E-state index is 0. The average molecular weight is 537 g/mol. The molecule has 0 spiro atoms. The molecule has 0 aromatic rings. The highest BCUT2D eigenvalue weighted by Crippen LogP contribution is 2.21. The van der Waals surface area contributed by atoms with Crippen LogP contribution in [0.3, 0.4) is 0 Å². The lowest BCUT2D eigenvalue weighted by Crippen LogP contribution is -2.51. The molecule has 9 nitrogen and oxygen atoms in total. The smallest absolute Gasteiger partial charge is 0.243 e. The molecule has 3 saturated heterocycles. The number of morpholine rings is 1. The fourth-order valence-electron chi connectivity index (χ4n) is 3.94. The summed E-state index contributed by atoms with van der Waals surface area (Å²) in [6, 6.07) is 0. The van der Waals surface area contributed by atoms with Crippen LogP contribution in [0.1, 0.15) is 25.7 Å². The van der Waals surface area contributed by atoms with Gasteiger partial charge in [-0.25, -0.2) is 4.99 Å². The molecule has 10 heteroatoms. The molecule has 0 aromatic heterocycles. The Morgan fingerprint density at radius 2 is 1.73 bits per heavy atom. The first-order chi connectivity index (χ1) is 14.0. The first kappa shape index (κ1) is 25.1. The molecular formula is C20H36IN5O4. The maximum atomic E-state index is 12.8. The van der Waals surface area contributed by atoms with Crippen LogP contribution < -0.4 is 5.32 Å². The average Bonchev–Trinajstić information content (AvgIpc) is 3.27. The van der Waals surface area contributed by atoms with Crippen molar-refractivity contribution in [2.75, 3.05) is 73.2 Å². The second-order valence-electron chi connectivity index (χ2n) is 8.14. The minimum Gasteiger partial charge on any atom is -0.378 e. The van der Waals surface area contributed by atoms with Crippen molar-refractivity contribution in [3.8, 4) is 0 Å². The van der Waals surface area contributed by atoms with E-state index in [1.54, 1.807) is 19.0 Å². The van der Waals surface area contributed by atoms with Crippen molar-refractivity contribution < 1.29 is 19.1 Å². The molecule has 0 aliphatic carbocycles. The third-order valence-electron chi connectivity index (χ3n) is 5.84. The molecule has 0 saturated carbocycles. The summed E-state index contributed by atoms with van der Waals surface area (Å²) in [4.78, 5) is 35.0. The summed E-state index contributed by atoms with van der Waals surface area (Å²) in [5.41, 5.74) is 0. The van der Waals surface area contributed by atoms with E-state index in [9.17, 15) is 9.59 Å². The molecule has 1 atom stereocenters. The largest absolute Gasteiger partial charge is 0.378 e. The Morgan fingerprint density at radius 1 is 1.03 bits per heavy atom. The lowest BCUT2D eigenvalue weighted by atomic mass is 9.95. The van der Waals surface area contributed by atoms with Crippen molar-refractivity contribution in [3.05, 3.63) is 0 Å². The summed E-state index contributed by atoms with van der Waals surface area (Å²) < 4.78 is 11.0. The molecule has 3 rings (SSSR count). The summed E-state index contributed by atoms with van der Waals surface area (Å²) in [6.07, 6.45) is 3.95. The van der Waals surface area contributed by atoms with Gasteiger partial charge in [-0.3, -0.25) is 9.59 Å². The molecule has 2 amide bonds. The van der Waals surface area contributed by atoms with E-state index in [1.807, 2.05) is 4.90 Å². The van der Waals surface area contributed by atoms with Crippen LogP contribution in [-0.2, 0) is 19.1 Å². The van der Waals surface area contributed by atoms with Gasteiger partial charge in [0.25, 0.3) is 0 Å². The van der Waals surface area contributed by atoms with Crippen molar-refractivity contribution in [2.24, 2.45) is 10.9 Å². The summed E-state index contributed by atoms with van der Waals surface area (Å²) in [6.45, 7) is 5.80. The number of hydrogen-bond acceptors (Lipinski definition) is 5. The second-order valence-corrected chi connectivity index (χ2v) is 8.14. The Morgan fingerprint density at radius 3 is 2.33 bits per heavy atom. The number of nitrogens with one attached hydrogen (secondary N) is 1. The van der Waals surface area contributed by atoms with Gasteiger partial charge in [0.1, 0.15) is 6.54 Å². The first-order valence-electron chi connectivity index (χ1n) is 10.8. The van der Waals surface area contributed by atoms with E-state index in [0.29, 0.717) is 32.8 Å². The van der Waals surface area contributed by atoms with Gasteiger partial charge in [-0.1, -0.05) is 0 Å². The Balaban J connectivity index is 0.00000320. The van der Waals surface area contributed by atoms with E-state index in [0.717, 1.165) is 51.3 Å². The van der Waals surface area contributed by atoms with Gasteiger partial charge in [-0.2, -0.15) is 0 Å². The monoisotopic (exact) mass is 537 g/mol. The van der Waals surface area contributed by atoms with Crippen LogP contribution in [0.25, 0.3) is 0 Å². The van der Waals surface area contributed by atoms with Crippen molar-refractivity contribution >= 4 is 41.8 Å². The fourth-order valence-corrected chi connectivity index (χ4v) is 3.94. The third kappa shape index (κ3) is 7.23. The molecule has 0 bridgehead atoms. The van der Waals surface area contributed by atoms with Gasteiger partial charge in [0, 0.05) is 59.3 Å². The number of halogens is 1. The Labute approximate surface area is 196 Å². The number of carbonyl (C=O) groups excluding carboxylic acids is 2. The standard InChI is InChI=1S/C20H35N5O4.HI/c1-23(2)18(26)15-22-20(21-14-17-4-3-11-29-17)25-7-5-16(6-8-25)19(27)24-9-12-28-13-10-24;/h16-17H,3-15H2,1-2H3,(H,21,22);1H. The molecule has 0 radical (unpaired) electrons. The molecule has 30 heavy (non-hydrogen) atoms. The van der Waals surface area contributed by atoms with Gasteiger partial charge in [-0.05, 0) is 25.7 Å². The van der Waals surface area contributed by atoms with Gasteiger partial charge in [-0.15, -0.1) is 24.0 Å². The number of ether oxygens (including phenoxy) is 2. The predicted octanol–water partition coefficient (Wildman–Crippen LogP) is 0.388. The summed E-state index contributed by atoms with van der Waals surface area (Å²) >= 11 is 0. The number of aliphatic imine (C=N–C) groups is 1. The number of likely N-dealkylation sites (tertiary alicyclic amines) is 1. The van der Waals surface area contributed by atoms with E-state index in [-0.39, 0.29) is 54.4 Å². The lowest BCUT2D eigenvalue weighted by molar-refractivity contribution is -0.140. The van der Waals surface area contributed by atoms with Crippen LogP contribution in [0.2, 0.25) is 0 Å². The maximum absolute atomic E-state index is 12.8. The molecule has 3 aliphatic heterocycles. The first-order valence-corrected chi connectivity index (χ1v) is 10.8. The zero-order valence-electron chi connectivity index (χ0n) is 18.2. The molecule has 172 valence electrons. The van der Waals surface area contributed by atoms with Gasteiger partial charge < -0.3 is 29.5 Å². The number of amides is 2. The molecule has 3 fully saturated rings. The second kappa shape index (κ2) is 12.7. The van der Waals surface area contributed by atoms with Crippen molar-refractivity contribution in [1.29, 1.82) is 0 Å². The molecule has 3 aliphatic rings. The van der Waals surface area contributed by atoms with Gasteiger partial charge in [0.15, 0.2) is 5.96 Å². The Kier molecular flexibility index (Phi) is 10.6. The summed E-state index contributed by atoms with van der Waals surface area (Å²) in [5, 5.41) is 3.40. The maximum Gasteiger partial charge on any atom is 0.243 e. The number of nitrogens with zero attached hydrogens (tertiary/aromatic N) is 4. The highest BCUT2D eigenvalue weighted by atomic mass is 127. The Hall–Kier alpha value is -1.14. The van der Waals surface area contributed by atoms with E-state index in [1.165, 1.54) is 0 Å². The van der Waals surface area contributed by atoms with Crippen molar-refractivity contribution in [1.82, 2.24) is 20.0 Å². The van der Waals surface area contributed by atoms with Crippen LogP contribution in [0.5, 0.6) is 0 Å². The highest BCUT2D eigenvalue weighted by molar-refractivity contribution is 14.0. The molecule has 0 aromatic carbocycles. The normalized spacial score (nSPS) is 23.1. The number of guanidine groups is 1. The predicted molar refractivity (Wildman–Crippen MR) is 125 cm³/mol. The Bertz CT molecular complexity index is 584. The lowest BCUT2D eigenvalue weighted by Gasteiger charge is -2.37. The van der Waals surface area contributed by atoms with Gasteiger partial charge >= 0.3 is 0 Å². The quantitative estimate of drug-likeness (QED) is 0.310. The van der Waals surface area contributed by atoms with Crippen molar-refractivity contribution in [2.45, 2.75) is 31.8 Å². The minimum atomic E-state index is -0.0289. The van der Waals surface area contributed by atoms with Gasteiger partial charge in [0.2, 0.25) is 11.8 Å². The van der Waals surface area contributed by atoms with E-state index in [4.69, 9.17) is 9.47 Å². The zero-order chi connectivity index (χ0) is 20.6. The summed E-state index contributed by atoms with van der Waals surface area (Å²) in [5.74, 6) is 1.03. The van der Waals surface area contributed by atoms with Crippen LogP contribution in [0.15, 0.2) is 4.99 Å². The van der Waals surface area contributed by atoms with Crippen LogP contribution in [-0.4, -0.2) is 112 Å². The number of piperidine rings is 1. The third-order valence-corrected chi connectivity index (χ3v) is 5.84. The SMILES string of the molecule is CN(C)C(=O)CN=C(NCC1CCCO1)N1CCC(C(=O)N2CCOCC2)CC1.I. The fraction of sp³-hybridized carbons (Fsp3) is 0.850. The highest BCUT2D eigenvalue weighted by Gasteiger charge is 2.30. The number of likely N-dealkylation sites (N-methyl/N-ethyl adjacent to an activating group) is 1. The molecule has 1 unspecified atom stereocenters. The number of hydrogen-bond donors (Lipinski definition) is 1. The number of rotatable bonds is 5. The molecule has 3 heterocycles.